The summed E-state index contributed by atoms with van der Waals surface area (Å²) in [6.07, 6.45) is -0.729. The van der Waals surface area contributed by atoms with Crippen molar-refractivity contribution >= 4 is 16.9 Å². The van der Waals surface area contributed by atoms with Crippen molar-refractivity contribution in [2.45, 2.75) is 51.4 Å². The van der Waals surface area contributed by atoms with E-state index in [-0.39, 0.29) is 12.5 Å². The molecule has 6 nitrogen and oxygen atoms in total. The molecule has 33 heavy (non-hydrogen) atoms. The SMILES string of the molecule is CC(C)(C)OC(=O)ON1CCC(c2ccc(OCc3ccc4ccccc4c3)cc2)C(O)C1. The molecule has 0 radical (unpaired) electrons. The van der Waals surface area contributed by atoms with Crippen molar-refractivity contribution in [3.63, 3.8) is 0 Å². The monoisotopic (exact) mass is 449 g/mol. The number of β-amino-alcohol motifs (C(OH)–C–C–N with tert-alkyl or cyclic N) is 1. The van der Waals surface area contributed by atoms with Gasteiger partial charge < -0.3 is 19.4 Å². The van der Waals surface area contributed by atoms with Crippen LogP contribution in [0.4, 0.5) is 4.79 Å². The van der Waals surface area contributed by atoms with Gasteiger partial charge in [-0.1, -0.05) is 48.5 Å². The molecule has 3 aromatic rings. The summed E-state index contributed by atoms with van der Waals surface area (Å²) in [4.78, 5) is 17.1. The van der Waals surface area contributed by atoms with Crippen molar-refractivity contribution in [2.24, 2.45) is 0 Å². The van der Waals surface area contributed by atoms with Gasteiger partial charge in [-0.2, -0.15) is 0 Å². The predicted molar refractivity (Wildman–Crippen MR) is 127 cm³/mol. The molecule has 1 saturated heterocycles. The quantitative estimate of drug-likeness (QED) is 0.524. The number of hydroxylamine groups is 2. The average molecular weight is 450 g/mol. The van der Waals surface area contributed by atoms with Gasteiger partial charge in [-0.05, 0) is 67.3 Å². The van der Waals surface area contributed by atoms with E-state index in [2.05, 4.69) is 30.3 Å². The summed E-state index contributed by atoms with van der Waals surface area (Å²) < 4.78 is 11.1. The minimum atomic E-state index is -0.749. The van der Waals surface area contributed by atoms with E-state index in [9.17, 15) is 9.90 Å². The number of benzene rings is 3. The number of hydrogen-bond donors (Lipinski definition) is 1. The molecular formula is C27H31NO5. The Morgan fingerprint density at radius 1 is 1.03 bits per heavy atom. The van der Waals surface area contributed by atoms with Gasteiger partial charge in [0.2, 0.25) is 0 Å². The molecule has 174 valence electrons. The van der Waals surface area contributed by atoms with Crippen LogP contribution in [-0.4, -0.2) is 41.1 Å². The van der Waals surface area contributed by atoms with Crippen molar-refractivity contribution in [2.75, 3.05) is 13.1 Å². The maximum atomic E-state index is 11.9. The standard InChI is InChI=1S/C27H31NO5/c1-27(2,3)32-26(30)33-28-15-14-24(25(29)17-28)21-10-12-23(13-11-21)31-18-19-8-9-20-6-4-5-7-22(20)16-19/h4-13,16,24-25,29H,14-15,17-18H2,1-3H3. The molecule has 1 aliphatic heterocycles. The van der Waals surface area contributed by atoms with Crippen LogP contribution in [0.3, 0.4) is 0 Å². The van der Waals surface area contributed by atoms with Crippen LogP contribution in [0.15, 0.2) is 66.7 Å². The molecule has 1 aliphatic rings. The Morgan fingerprint density at radius 2 is 1.76 bits per heavy atom. The van der Waals surface area contributed by atoms with Gasteiger partial charge in [0.15, 0.2) is 0 Å². The number of hydrogen-bond acceptors (Lipinski definition) is 6. The molecule has 3 aromatic carbocycles. The van der Waals surface area contributed by atoms with E-state index >= 15 is 0 Å². The molecule has 2 atom stereocenters. The number of aliphatic hydroxyl groups excluding tert-OH is 1. The first-order valence-corrected chi connectivity index (χ1v) is 11.3. The minimum absolute atomic E-state index is 0.0296. The van der Waals surface area contributed by atoms with Crippen LogP contribution in [0.2, 0.25) is 0 Å². The normalized spacial score (nSPS) is 19.3. The van der Waals surface area contributed by atoms with Gasteiger partial charge in [0.05, 0.1) is 12.6 Å². The van der Waals surface area contributed by atoms with Gasteiger partial charge in [-0.15, -0.1) is 5.06 Å². The highest BCUT2D eigenvalue weighted by Gasteiger charge is 2.32. The Bertz CT molecular complexity index is 1090. The van der Waals surface area contributed by atoms with Gasteiger partial charge in [-0.25, -0.2) is 4.79 Å². The van der Waals surface area contributed by atoms with Gasteiger partial charge in [0.1, 0.15) is 18.0 Å². The highest BCUT2D eigenvalue weighted by Crippen LogP contribution is 2.30. The van der Waals surface area contributed by atoms with Crippen LogP contribution in [-0.2, 0) is 16.2 Å². The van der Waals surface area contributed by atoms with Crippen molar-refractivity contribution in [3.8, 4) is 5.75 Å². The molecule has 4 rings (SSSR count). The van der Waals surface area contributed by atoms with E-state index in [0.717, 1.165) is 16.9 Å². The third kappa shape index (κ3) is 6.24. The molecular weight excluding hydrogens is 418 g/mol. The number of ether oxygens (including phenoxy) is 2. The average Bonchev–Trinajstić information content (AvgIpc) is 2.77. The van der Waals surface area contributed by atoms with E-state index in [1.807, 2.05) is 36.4 Å². The smallest absolute Gasteiger partial charge is 0.489 e. The summed E-state index contributed by atoms with van der Waals surface area (Å²) in [6.45, 7) is 6.61. The number of rotatable bonds is 5. The van der Waals surface area contributed by atoms with Crippen molar-refractivity contribution in [1.82, 2.24) is 5.06 Å². The second-order valence-electron chi connectivity index (χ2n) is 9.45. The van der Waals surface area contributed by atoms with Crippen molar-refractivity contribution in [1.29, 1.82) is 0 Å². The van der Waals surface area contributed by atoms with Crippen LogP contribution in [0.25, 0.3) is 10.8 Å². The Balaban J connectivity index is 1.30. The first-order valence-electron chi connectivity index (χ1n) is 11.3. The predicted octanol–water partition coefficient (Wildman–Crippen LogP) is 5.44. The zero-order valence-electron chi connectivity index (χ0n) is 19.4. The number of carbonyl (C=O) groups is 1. The third-order valence-corrected chi connectivity index (χ3v) is 5.67. The molecule has 1 N–H and O–H groups in total. The first-order chi connectivity index (χ1) is 15.8. The Kier molecular flexibility index (Phi) is 6.86. The van der Waals surface area contributed by atoms with E-state index in [1.54, 1.807) is 20.8 Å². The third-order valence-electron chi connectivity index (χ3n) is 5.67. The first kappa shape index (κ1) is 23.1. The lowest BCUT2D eigenvalue weighted by atomic mass is 9.88. The molecule has 1 heterocycles. The number of carbonyl (C=O) groups excluding carboxylic acids is 1. The summed E-state index contributed by atoms with van der Waals surface area (Å²) in [5.74, 6) is 0.755. The number of aliphatic hydroxyl groups is 1. The lowest BCUT2D eigenvalue weighted by Gasteiger charge is -2.34. The van der Waals surface area contributed by atoms with E-state index in [1.165, 1.54) is 15.8 Å². The van der Waals surface area contributed by atoms with Crippen LogP contribution < -0.4 is 4.74 Å². The highest BCUT2D eigenvalue weighted by atomic mass is 16.8. The highest BCUT2D eigenvalue weighted by molar-refractivity contribution is 5.82. The fourth-order valence-corrected chi connectivity index (χ4v) is 4.05. The fourth-order valence-electron chi connectivity index (χ4n) is 4.05. The lowest BCUT2D eigenvalue weighted by molar-refractivity contribution is -0.170. The molecule has 0 aliphatic carbocycles. The van der Waals surface area contributed by atoms with E-state index < -0.39 is 17.9 Å². The largest absolute Gasteiger partial charge is 0.528 e. The molecule has 0 amide bonds. The van der Waals surface area contributed by atoms with E-state index in [0.29, 0.717) is 19.6 Å². The molecule has 2 unspecified atom stereocenters. The molecule has 0 bridgehead atoms. The van der Waals surface area contributed by atoms with Crippen LogP contribution >= 0.6 is 0 Å². The summed E-state index contributed by atoms with van der Waals surface area (Å²) >= 11 is 0. The molecule has 0 saturated carbocycles. The van der Waals surface area contributed by atoms with Crippen molar-refractivity contribution < 1.29 is 24.2 Å². The summed E-state index contributed by atoms with van der Waals surface area (Å²) in [6, 6.07) is 22.5. The molecule has 6 heteroatoms. The van der Waals surface area contributed by atoms with Crippen LogP contribution in [0, 0.1) is 0 Å². The van der Waals surface area contributed by atoms with Crippen LogP contribution in [0.5, 0.6) is 5.75 Å². The van der Waals surface area contributed by atoms with Gasteiger partial charge in [0, 0.05) is 12.5 Å². The zero-order valence-corrected chi connectivity index (χ0v) is 19.4. The van der Waals surface area contributed by atoms with Crippen LogP contribution in [0.1, 0.15) is 44.2 Å². The van der Waals surface area contributed by atoms with Gasteiger partial charge in [-0.3, -0.25) is 0 Å². The fraction of sp³-hybridized carbons (Fsp3) is 0.370. The minimum Gasteiger partial charge on any atom is -0.489 e. The Morgan fingerprint density at radius 3 is 2.45 bits per heavy atom. The summed E-state index contributed by atoms with van der Waals surface area (Å²) in [7, 11) is 0. The topological polar surface area (TPSA) is 68.2 Å². The van der Waals surface area contributed by atoms with E-state index in [4.69, 9.17) is 14.3 Å². The molecule has 1 fully saturated rings. The number of nitrogens with zero attached hydrogens (tertiary/aromatic N) is 1. The maximum absolute atomic E-state index is 11.9. The Hall–Kier alpha value is -3.09. The van der Waals surface area contributed by atoms with Gasteiger partial charge in [0.25, 0.3) is 0 Å². The second kappa shape index (κ2) is 9.81. The molecule has 0 spiro atoms. The second-order valence-corrected chi connectivity index (χ2v) is 9.45. The summed E-state index contributed by atoms with van der Waals surface area (Å²) in [5, 5.41) is 14.5. The van der Waals surface area contributed by atoms with Crippen molar-refractivity contribution in [3.05, 3.63) is 77.9 Å². The number of fused-ring (bicyclic) bond motifs is 1. The Labute approximate surface area is 194 Å². The maximum Gasteiger partial charge on any atom is 0.528 e. The summed E-state index contributed by atoms with van der Waals surface area (Å²) in [5.41, 5.74) is 1.54. The lowest BCUT2D eigenvalue weighted by Crippen LogP contribution is -2.44. The molecule has 0 aromatic heterocycles. The van der Waals surface area contributed by atoms with Gasteiger partial charge >= 0.3 is 6.16 Å². The zero-order chi connectivity index (χ0) is 23.4. The number of piperidine rings is 1.